The summed E-state index contributed by atoms with van der Waals surface area (Å²) in [6.07, 6.45) is 0. The monoisotopic (exact) mass is 163 g/mol. The molecule has 0 radical (unpaired) electrons. The van der Waals surface area contributed by atoms with E-state index in [1.165, 1.54) is 0 Å². The summed E-state index contributed by atoms with van der Waals surface area (Å²) in [7, 11) is 0. The van der Waals surface area contributed by atoms with E-state index in [-0.39, 0.29) is 5.54 Å². The van der Waals surface area contributed by atoms with Crippen molar-refractivity contribution in [2.75, 3.05) is 6.61 Å². The van der Waals surface area contributed by atoms with Crippen LogP contribution in [0.5, 0.6) is 0 Å². The molecule has 3 N–H and O–H groups in total. The highest BCUT2D eigenvalue weighted by atomic mass is 16.3. The molecule has 0 aromatic carbocycles. The van der Waals surface area contributed by atoms with Crippen molar-refractivity contribution in [3.63, 3.8) is 0 Å². The van der Waals surface area contributed by atoms with Crippen molar-refractivity contribution >= 4 is 0 Å². The van der Waals surface area contributed by atoms with Gasteiger partial charge in [0, 0.05) is 17.6 Å². The van der Waals surface area contributed by atoms with Gasteiger partial charge in [-0.2, -0.15) is 0 Å². The predicted octanol–water partition coefficient (Wildman–Crippen LogP) is -0.182. The summed E-state index contributed by atoms with van der Waals surface area (Å²) < 4.78 is 0. The number of nitrogens with two attached hydrogens (primary N) is 1. The molecular formula is C10H13NO. The molecule has 4 atom stereocenters. The second kappa shape index (κ2) is 0.934. The molecule has 0 aliphatic heterocycles. The number of aliphatic hydroxyl groups excluding tert-OH is 1. The number of aliphatic hydroxyl groups is 1. The van der Waals surface area contributed by atoms with Crippen molar-refractivity contribution in [3.05, 3.63) is 0 Å². The Bertz CT molecular complexity index is 324. The Hall–Kier alpha value is -0.0800. The molecule has 6 saturated carbocycles. The molecule has 0 amide bonds. The van der Waals surface area contributed by atoms with Gasteiger partial charge in [0.1, 0.15) is 0 Å². The van der Waals surface area contributed by atoms with Crippen molar-refractivity contribution < 1.29 is 5.11 Å². The van der Waals surface area contributed by atoms with Gasteiger partial charge in [-0.25, -0.2) is 0 Å². The summed E-state index contributed by atoms with van der Waals surface area (Å²) in [5.41, 5.74) is 7.52. The zero-order valence-electron chi connectivity index (χ0n) is 7.12. The molecule has 0 aromatic heterocycles. The van der Waals surface area contributed by atoms with E-state index in [4.69, 9.17) is 5.73 Å². The van der Waals surface area contributed by atoms with Gasteiger partial charge in [0.05, 0.1) is 0 Å². The molecule has 4 unspecified atom stereocenters. The molecule has 64 valence electrons. The molecule has 0 bridgehead atoms. The second-order valence-corrected chi connectivity index (χ2v) is 6.02. The molecule has 6 aliphatic rings. The minimum absolute atomic E-state index is 0.268. The van der Waals surface area contributed by atoms with Gasteiger partial charge in [-0.05, 0) is 35.0 Å². The minimum atomic E-state index is 0.268. The maximum atomic E-state index is 9.37. The lowest BCUT2D eigenvalue weighted by Crippen LogP contribution is -3.18. The highest BCUT2D eigenvalue weighted by molar-refractivity contribution is 5.62. The Morgan fingerprint density at radius 1 is 1.25 bits per heavy atom. The van der Waals surface area contributed by atoms with Crippen LogP contribution >= 0.6 is 0 Å². The van der Waals surface area contributed by atoms with Crippen LogP contribution in [0.1, 0.15) is 6.92 Å². The largest absolute Gasteiger partial charge is 0.396 e. The van der Waals surface area contributed by atoms with Gasteiger partial charge < -0.3 is 10.8 Å². The lowest BCUT2D eigenvalue weighted by Gasteiger charge is -3.14. The highest BCUT2D eigenvalue weighted by Gasteiger charge is 3.13. The lowest BCUT2D eigenvalue weighted by atomic mass is 8.90. The van der Waals surface area contributed by atoms with Gasteiger partial charge in [-0.15, -0.1) is 0 Å². The normalized spacial score (nSPS) is 94.8. The molecule has 2 nitrogen and oxygen atoms in total. The fraction of sp³-hybridized carbons (Fsp3) is 1.00. The number of hydrogen-bond acceptors (Lipinski definition) is 2. The number of hydrogen-bond donors (Lipinski definition) is 2. The van der Waals surface area contributed by atoms with Crippen LogP contribution in [-0.4, -0.2) is 17.3 Å². The molecule has 2 heteroatoms. The highest BCUT2D eigenvalue weighted by Crippen LogP contribution is 3.10. The van der Waals surface area contributed by atoms with E-state index in [1.54, 1.807) is 0 Å². The van der Waals surface area contributed by atoms with Crippen molar-refractivity contribution in [2.45, 2.75) is 12.5 Å². The zero-order valence-corrected chi connectivity index (χ0v) is 7.12. The van der Waals surface area contributed by atoms with Crippen molar-refractivity contribution in [3.8, 4) is 0 Å². The van der Waals surface area contributed by atoms with E-state index in [1.807, 2.05) is 0 Å². The Morgan fingerprint density at radius 3 is 2.25 bits per heavy atom. The van der Waals surface area contributed by atoms with Crippen LogP contribution < -0.4 is 5.73 Å². The second-order valence-electron chi connectivity index (χ2n) is 6.02. The van der Waals surface area contributed by atoms with Crippen LogP contribution in [0.25, 0.3) is 0 Å². The number of rotatable bonds is 1. The van der Waals surface area contributed by atoms with Crippen LogP contribution in [-0.2, 0) is 0 Å². The van der Waals surface area contributed by atoms with Crippen LogP contribution in [0.4, 0.5) is 0 Å². The Balaban J connectivity index is 1.77. The molecule has 6 rings (SSSR count). The lowest BCUT2D eigenvalue weighted by molar-refractivity contribution is -0.662. The zero-order chi connectivity index (χ0) is 8.09. The summed E-state index contributed by atoms with van der Waals surface area (Å²) in [6.45, 7) is 2.81. The molecule has 0 aromatic rings. The fourth-order valence-electron chi connectivity index (χ4n) is 6.92. The van der Waals surface area contributed by atoms with E-state index < -0.39 is 0 Å². The van der Waals surface area contributed by atoms with E-state index in [9.17, 15) is 5.11 Å². The van der Waals surface area contributed by atoms with Gasteiger partial charge in [-0.1, -0.05) is 6.92 Å². The Kier molecular flexibility index (Phi) is 0.437. The van der Waals surface area contributed by atoms with Gasteiger partial charge in [-0.3, -0.25) is 0 Å². The fourth-order valence-corrected chi connectivity index (χ4v) is 6.92. The van der Waals surface area contributed by atoms with Gasteiger partial charge >= 0.3 is 0 Å². The molecule has 0 saturated heterocycles. The topological polar surface area (TPSA) is 46.2 Å². The molecule has 6 aliphatic carbocycles. The third kappa shape index (κ3) is 0.161. The van der Waals surface area contributed by atoms with Crippen LogP contribution in [0.15, 0.2) is 0 Å². The van der Waals surface area contributed by atoms with Gasteiger partial charge in [0.25, 0.3) is 0 Å². The third-order valence-corrected chi connectivity index (χ3v) is 6.87. The first-order valence-electron chi connectivity index (χ1n) is 5.06. The minimum Gasteiger partial charge on any atom is -0.396 e. The van der Waals surface area contributed by atoms with Gasteiger partial charge in [0.2, 0.25) is 0 Å². The summed E-state index contributed by atoms with van der Waals surface area (Å²) in [5.74, 6) is 4.21. The van der Waals surface area contributed by atoms with Crippen LogP contribution in [0.2, 0.25) is 0 Å². The SMILES string of the molecule is CC12C3C4C5C(C1C53CO)C42N. The first-order chi connectivity index (χ1) is 5.66. The van der Waals surface area contributed by atoms with E-state index in [2.05, 4.69) is 6.92 Å². The molecule has 6 fully saturated rings. The smallest absolute Gasteiger partial charge is 0.0496 e. The first kappa shape index (κ1) is 5.61. The summed E-state index contributed by atoms with van der Waals surface area (Å²) >= 11 is 0. The van der Waals surface area contributed by atoms with Crippen molar-refractivity contribution in [1.29, 1.82) is 0 Å². The van der Waals surface area contributed by atoms with Crippen LogP contribution in [0.3, 0.4) is 0 Å². The maximum absolute atomic E-state index is 9.37. The van der Waals surface area contributed by atoms with E-state index in [0.717, 1.165) is 29.6 Å². The molecule has 0 spiro atoms. The molecule has 12 heavy (non-hydrogen) atoms. The molecular weight excluding hydrogens is 150 g/mol. The van der Waals surface area contributed by atoms with Crippen LogP contribution in [0, 0.1) is 40.4 Å². The quantitative estimate of drug-likeness (QED) is 0.563. The first-order valence-corrected chi connectivity index (χ1v) is 5.06. The summed E-state index contributed by atoms with van der Waals surface area (Å²) in [5, 5.41) is 9.37. The summed E-state index contributed by atoms with van der Waals surface area (Å²) in [6, 6.07) is 0. The van der Waals surface area contributed by atoms with Gasteiger partial charge in [0.15, 0.2) is 0 Å². The Labute approximate surface area is 71.1 Å². The van der Waals surface area contributed by atoms with E-state index >= 15 is 0 Å². The maximum Gasteiger partial charge on any atom is 0.0496 e. The summed E-state index contributed by atoms with van der Waals surface area (Å²) in [4.78, 5) is 0. The van der Waals surface area contributed by atoms with Crippen molar-refractivity contribution in [2.24, 2.45) is 46.2 Å². The predicted molar refractivity (Wildman–Crippen MR) is 42.0 cm³/mol. The standard InChI is InChI=1S/C10H13NO/c1-8-6-4-3-5(10(4,8)11)7(8)9(3,6)2-12/h3-7,12H,2,11H2,1H3. The third-order valence-electron chi connectivity index (χ3n) is 6.87. The van der Waals surface area contributed by atoms with Crippen molar-refractivity contribution in [1.82, 2.24) is 0 Å². The van der Waals surface area contributed by atoms with E-state index in [0.29, 0.717) is 17.4 Å². The average molecular weight is 163 g/mol. The average Bonchev–Trinajstić information content (AvgIpc) is 2.07. The molecule has 0 heterocycles. The Morgan fingerprint density at radius 2 is 1.83 bits per heavy atom.